The van der Waals surface area contributed by atoms with Crippen molar-refractivity contribution in [2.45, 2.75) is 112 Å². The number of carbonyl (C=O) groups excluding carboxylic acids is 1. The molecule has 0 amide bonds. The topological polar surface area (TPSA) is 122 Å². The summed E-state index contributed by atoms with van der Waals surface area (Å²) in [5.74, 6) is 4.68. The standard InChI is InChI=1S/C35H54N2O6/c1-21(2)22(3)7-8-23(4)30-11-12-31-29-10-9-25-19-28(13-15-34(25,5)32(29)14-16-35(30,31)6)43-33(38)24-17-26(36(39)40)20-27(18-24)37(41)42/h9,17-18,20-23,28-32,36-37,39,41H,7-8,10-16,19H2,1-6H3. The summed E-state index contributed by atoms with van der Waals surface area (Å²) in [6, 6.07) is 3.47. The lowest BCUT2D eigenvalue weighted by Crippen LogP contribution is -3.00. The number of rotatable bonds is 9. The molecule has 4 aliphatic rings. The van der Waals surface area contributed by atoms with Crippen LogP contribution in [0.15, 0.2) is 29.8 Å². The molecule has 11 atom stereocenters. The van der Waals surface area contributed by atoms with E-state index in [0.29, 0.717) is 17.8 Å². The Labute approximate surface area is 257 Å². The number of hydrogen-bond donors (Lipinski definition) is 4. The Hall–Kier alpha value is -1.81. The first-order chi connectivity index (χ1) is 20.2. The molecule has 0 aromatic heterocycles. The summed E-state index contributed by atoms with van der Waals surface area (Å²) >= 11 is 0. The first-order valence-corrected chi connectivity index (χ1v) is 16.8. The van der Waals surface area contributed by atoms with Crippen molar-refractivity contribution < 1.29 is 30.4 Å². The van der Waals surface area contributed by atoms with Crippen LogP contribution < -0.4 is 10.5 Å². The normalized spacial score (nSPS) is 36.5. The molecule has 0 spiro atoms. The van der Waals surface area contributed by atoms with Gasteiger partial charge in [0.05, 0.1) is 11.6 Å². The summed E-state index contributed by atoms with van der Waals surface area (Å²) in [6.07, 6.45) is 13.8. The lowest BCUT2D eigenvalue weighted by atomic mass is 9.47. The van der Waals surface area contributed by atoms with Gasteiger partial charge in [-0.3, -0.25) is 0 Å². The molecule has 0 heterocycles. The quantitative estimate of drug-likeness (QED) is 0.150. The maximum Gasteiger partial charge on any atom is 0.338 e. The predicted molar refractivity (Wildman–Crippen MR) is 165 cm³/mol. The number of ether oxygens (including phenoxy) is 1. The van der Waals surface area contributed by atoms with Crippen LogP contribution in [0.5, 0.6) is 0 Å². The minimum absolute atomic E-state index is 0.0291. The van der Waals surface area contributed by atoms with E-state index in [2.05, 4.69) is 47.6 Å². The average Bonchev–Trinajstić information content (AvgIpc) is 3.32. The van der Waals surface area contributed by atoms with Crippen LogP contribution in [0.25, 0.3) is 0 Å². The maximum atomic E-state index is 13.1. The van der Waals surface area contributed by atoms with Crippen molar-refractivity contribution in [3.8, 4) is 0 Å². The summed E-state index contributed by atoms with van der Waals surface area (Å²) in [7, 11) is 0. The molecule has 1 aromatic rings. The largest absolute Gasteiger partial charge is 0.595 e. The number of hydrogen-bond acceptors (Lipinski definition) is 6. The van der Waals surface area contributed by atoms with Gasteiger partial charge in [0, 0.05) is 18.6 Å². The van der Waals surface area contributed by atoms with Crippen molar-refractivity contribution in [2.75, 3.05) is 0 Å². The molecule has 5 rings (SSSR count). The Morgan fingerprint density at radius 1 is 0.953 bits per heavy atom. The van der Waals surface area contributed by atoms with Crippen LogP contribution in [-0.2, 0) is 4.74 Å². The second-order valence-electron chi connectivity index (χ2n) is 15.4. The predicted octanol–water partition coefficient (Wildman–Crippen LogP) is 6.31. The minimum atomic E-state index is -1.28. The molecule has 1 aromatic carbocycles. The molecule has 3 fully saturated rings. The molecular formula is C35H54N2O6. The number of fused-ring (bicyclic) bond motifs is 5. The first kappa shape index (κ1) is 32.6. The molecule has 4 N–H and O–H groups in total. The van der Waals surface area contributed by atoms with Crippen LogP contribution in [0.4, 0.5) is 11.4 Å². The van der Waals surface area contributed by atoms with Gasteiger partial charge in [-0.05, 0) is 97.2 Å². The molecule has 43 heavy (non-hydrogen) atoms. The molecule has 0 aliphatic heterocycles. The summed E-state index contributed by atoms with van der Waals surface area (Å²) in [5.41, 5.74) is 1.48. The van der Waals surface area contributed by atoms with Gasteiger partial charge in [0.25, 0.3) is 0 Å². The van der Waals surface area contributed by atoms with Crippen LogP contribution in [0.3, 0.4) is 0 Å². The summed E-state index contributed by atoms with van der Waals surface area (Å²) < 4.78 is 5.89. The number of carbonyl (C=O) groups is 1. The number of esters is 1. The Kier molecular flexibility index (Phi) is 9.49. The number of allylic oxidation sites excluding steroid dienone is 1. The summed E-state index contributed by atoms with van der Waals surface area (Å²) in [4.78, 5) is 13.1. The van der Waals surface area contributed by atoms with Crippen LogP contribution in [0.2, 0.25) is 0 Å². The average molecular weight is 599 g/mol. The number of nitrogens with one attached hydrogen (secondary N) is 2. The van der Waals surface area contributed by atoms with E-state index >= 15 is 0 Å². The smallest absolute Gasteiger partial charge is 0.338 e. The lowest BCUT2D eigenvalue weighted by Gasteiger charge is -2.58. The Balaban J connectivity index is 1.26. The van der Waals surface area contributed by atoms with E-state index in [1.807, 2.05) is 0 Å². The highest BCUT2D eigenvalue weighted by Crippen LogP contribution is 2.67. The fourth-order valence-corrected chi connectivity index (χ4v) is 9.98. The van der Waals surface area contributed by atoms with Gasteiger partial charge in [-0.1, -0.05) is 66.0 Å². The van der Waals surface area contributed by atoms with Crippen molar-refractivity contribution >= 4 is 17.3 Å². The second kappa shape index (κ2) is 12.5. The van der Waals surface area contributed by atoms with E-state index in [1.165, 1.54) is 56.2 Å². The van der Waals surface area contributed by atoms with Crippen molar-refractivity contribution in [1.82, 2.24) is 0 Å². The molecule has 3 saturated carbocycles. The molecular weight excluding hydrogens is 544 g/mol. The first-order valence-electron chi connectivity index (χ1n) is 16.8. The monoisotopic (exact) mass is 598 g/mol. The van der Waals surface area contributed by atoms with Crippen LogP contribution >= 0.6 is 0 Å². The highest BCUT2D eigenvalue weighted by atomic mass is 16.8. The van der Waals surface area contributed by atoms with Gasteiger partial charge in [-0.2, -0.15) is 10.5 Å². The van der Waals surface area contributed by atoms with Gasteiger partial charge in [-0.25, -0.2) is 15.2 Å². The summed E-state index contributed by atoms with van der Waals surface area (Å²) in [5, 5.41) is 39.3. The third kappa shape index (κ3) is 6.21. The van der Waals surface area contributed by atoms with E-state index in [0.717, 1.165) is 60.8 Å². The molecule has 0 saturated heterocycles. The Morgan fingerprint density at radius 2 is 1.63 bits per heavy atom. The van der Waals surface area contributed by atoms with Gasteiger partial charge in [0.15, 0.2) is 11.4 Å². The summed E-state index contributed by atoms with van der Waals surface area (Å²) in [6.45, 7) is 14.7. The van der Waals surface area contributed by atoms with Crippen molar-refractivity contribution in [3.63, 3.8) is 0 Å². The van der Waals surface area contributed by atoms with Gasteiger partial charge >= 0.3 is 5.97 Å². The van der Waals surface area contributed by atoms with Crippen LogP contribution in [0, 0.1) is 62.7 Å². The van der Waals surface area contributed by atoms with Crippen molar-refractivity contribution in [1.29, 1.82) is 0 Å². The fraction of sp³-hybridized carbons (Fsp3) is 0.743. The van der Waals surface area contributed by atoms with Gasteiger partial charge in [-0.15, -0.1) is 0 Å². The van der Waals surface area contributed by atoms with Crippen LogP contribution in [0.1, 0.15) is 116 Å². The van der Waals surface area contributed by atoms with E-state index in [1.54, 1.807) is 0 Å². The minimum Gasteiger partial charge on any atom is -0.595 e. The lowest BCUT2D eigenvalue weighted by molar-refractivity contribution is -0.996. The highest BCUT2D eigenvalue weighted by Gasteiger charge is 2.59. The van der Waals surface area contributed by atoms with E-state index in [-0.39, 0.29) is 28.5 Å². The van der Waals surface area contributed by atoms with E-state index in [4.69, 9.17) is 4.74 Å². The van der Waals surface area contributed by atoms with Gasteiger partial charge < -0.3 is 15.2 Å². The van der Waals surface area contributed by atoms with E-state index < -0.39 is 16.4 Å². The zero-order valence-electron chi connectivity index (χ0n) is 27.0. The van der Waals surface area contributed by atoms with Gasteiger partial charge in [0.2, 0.25) is 0 Å². The number of benzene rings is 1. The highest BCUT2D eigenvalue weighted by molar-refractivity contribution is 5.91. The maximum absolute atomic E-state index is 13.1. The molecule has 8 heteroatoms. The molecule has 8 nitrogen and oxygen atoms in total. The zero-order chi connectivity index (χ0) is 31.3. The van der Waals surface area contributed by atoms with E-state index in [9.17, 15) is 25.6 Å². The van der Waals surface area contributed by atoms with Crippen molar-refractivity contribution in [3.05, 3.63) is 45.8 Å². The Bertz CT molecular complexity index is 1170. The van der Waals surface area contributed by atoms with Gasteiger partial charge in [0.1, 0.15) is 6.10 Å². The fourth-order valence-electron chi connectivity index (χ4n) is 9.98. The van der Waals surface area contributed by atoms with Crippen molar-refractivity contribution in [2.24, 2.45) is 52.3 Å². The third-order valence-electron chi connectivity index (χ3n) is 13.0. The Morgan fingerprint density at radius 3 is 2.26 bits per heavy atom. The third-order valence-corrected chi connectivity index (χ3v) is 13.0. The molecule has 0 radical (unpaired) electrons. The molecule has 0 bridgehead atoms. The SMILES string of the molecule is CC(C)C(C)CCC(C)C1CCC2C3CC=C4CC(OC(=O)c5cc([NH+]([O-])O)cc([NH+]([O-])O)c5)CCC4(C)C3CCC12C. The van der Waals surface area contributed by atoms with Crippen LogP contribution in [-0.4, -0.2) is 22.5 Å². The zero-order valence-corrected chi connectivity index (χ0v) is 27.0. The molecule has 4 aliphatic carbocycles. The molecule has 240 valence electrons. The number of quaternary nitrogens is 2. The second-order valence-corrected chi connectivity index (χ2v) is 15.4. The molecule has 11 unspecified atom stereocenters.